The molecule has 2 aromatic carbocycles. The number of carbonyl (C=O) groups is 1. The highest BCUT2D eigenvalue weighted by molar-refractivity contribution is 5.49. The lowest BCUT2D eigenvalue weighted by Gasteiger charge is -2.30. The lowest BCUT2D eigenvalue weighted by Crippen LogP contribution is -2.37. The Hall–Kier alpha value is -2.37. The molecule has 0 bridgehead atoms. The Morgan fingerprint density at radius 2 is 1.48 bits per heavy atom. The number of alkyl halides is 4. The molecule has 122 valence electrons. The van der Waals surface area contributed by atoms with Gasteiger partial charge >= 0.3 is 11.8 Å². The van der Waals surface area contributed by atoms with E-state index in [2.05, 4.69) is 5.32 Å². The van der Waals surface area contributed by atoms with E-state index < -0.39 is 29.0 Å². The Morgan fingerprint density at radius 1 is 0.913 bits per heavy atom. The zero-order valence-electron chi connectivity index (χ0n) is 12.3. The number of amides is 1. The van der Waals surface area contributed by atoms with Crippen LogP contribution in [0.2, 0.25) is 0 Å². The number of rotatable bonds is 6. The van der Waals surface area contributed by atoms with E-state index in [1.807, 2.05) is 0 Å². The van der Waals surface area contributed by atoms with Crippen LogP contribution in [0.3, 0.4) is 0 Å². The van der Waals surface area contributed by atoms with Gasteiger partial charge in [0.05, 0.1) is 6.04 Å². The maximum absolute atomic E-state index is 14.6. The first-order valence-electron chi connectivity index (χ1n) is 6.92. The summed E-state index contributed by atoms with van der Waals surface area (Å²) in [5.74, 6) is -8.81. The number of benzene rings is 2. The number of hydrogen-bond donors (Lipinski definition) is 1. The highest BCUT2D eigenvalue weighted by Crippen LogP contribution is 2.50. The largest absolute Gasteiger partial charge is 0.352 e. The molecule has 0 fully saturated rings. The Morgan fingerprint density at radius 3 is 2.09 bits per heavy atom. The first-order chi connectivity index (χ1) is 10.8. The predicted octanol–water partition coefficient (Wildman–Crippen LogP) is 4.38. The second-order valence-corrected chi connectivity index (χ2v) is 5.11. The molecule has 0 saturated carbocycles. The zero-order chi connectivity index (χ0) is 17.1. The second kappa shape index (κ2) is 6.40. The van der Waals surface area contributed by atoms with Crippen LogP contribution in [0, 0.1) is 0 Å². The Balaban J connectivity index is 2.53. The molecular formula is C17H15F4NO. The lowest BCUT2D eigenvalue weighted by molar-refractivity contribution is -0.224. The molecule has 0 radical (unpaired) electrons. The standard InChI is InChI=1S/C17H15F4NO/c1-12(22-11-23)14-9-5-6-10-15(14)17(20,21)16(18,19)13-7-3-2-4-8-13/h2-12H,1H3,(H,22,23). The van der Waals surface area contributed by atoms with Crippen molar-refractivity contribution in [3.63, 3.8) is 0 Å². The summed E-state index contributed by atoms with van der Waals surface area (Å²) in [4.78, 5) is 10.5. The van der Waals surface area contributed by atoms with Gasteiger partial charge in [-0.05, 0) is 12.5 Å². The van der Waals surface area contributed by atoms with E-state index in [0.717, 1.165) is 18.2 Å². The molecule has 2 aromatic rings. The third-order valence-corrected chi connectivity index (χ3v) is 3.61. The molecule has 0 aliphatic rings. The van der Waals surface area contributed by atoms with Gasteiger partial charge < -0.3 is 5.32 Å². The molecule has 1 atom stereocenters. The number of carbonyl (C=O) groups excluding carboxylic acids is 1. The normalized spacial score (nSPS) is 13.4. The van der Waals surface area contributed by atoms with Crippen molar-refractivity contribution in [3.8, 4) is 0 Å². The molecule has 6 heteroatoms. The predicted molar refractivity (Wildman–Crippen MR) is 78.3 cm³/mol. The summed E-state index contributed by atoms with van der Waals surface area (Å²) >= 11 is 0. The van der Waals surface area contributed by atoms with Crippen LogP contribution in [0.4, 0.5) is 17.6 Å². The Kier molecular flexibility index (Phi) is 4.73. The maximum atomic E-state index is 14.6. The fourth-order valence-corrected chi connectivity index (χ4v) is 2.35. The van der Waals surface area contributed by atoms with Crippen LogP contribution < -0.4 is 5.32 Å². The van der Waals surface area contributed by atoms with E-state index in [-0.39, 0.29) is 5.56 Å². The minimum atomic E-state index is -4.43. The fourth-order valence-electron chi connectivity index (χ4n) is 2.35. The molecule has 0 aliphatic carbocycles. The van der Waals surface area contributed by atoms with Crippen molar-refractivity contribution >= 4 is 6.41 Å². The molecule has 23 heavy (non-hydrogen) atoms. The van der Waals surface area contributed by atoms with Gasteiger partial charge in [-0.3, -0.25) is 4.79 Å². The second-order valence-electron chi connectivity index (χ2n) is 5.11. The number of halogens is 4. The molecule has 1 amide bonds. The minimum Gasteiger partial charge on any atom is -0.352 e. The SMILES string of the molecule is CC(NC=O)c1ccccc1C(F)(F)C(F)(F)c1ccccc1. The Bertz CT molecular complexity index is 673. The van der Waals surface area contributed by atoms with E-state index in [4.69, 9.17) is 0 Å². The van der Waals surface area contributed by atoms with Gasteiger partial charge in [0.1, 0.15) is 0 Å². The van der Waals surface area contributed by atoms with Crippen molar-refractivity contribution in [2.45, 2.75) is 24.8 Å². The lowest BCUT2D eigenvalue weighted by atomic mass is 9.90. The average Bonchev–Trinajstić information content (AvgIpc) is 2.55. The van der Waals surface area contributed by atoms with Crippen molar-refractivity contribution in [2.24, 2.45) is 0 Å². The van der Waals surface area contributed by atoms with Gasteiger partial charge in [0.2, 0.25) is 6.41 Å². The van der Waals surface area contributed by atoms with Crippen molar-refractivity contribution in [1.82, 2.24) is 5.32 Å². The molecule has 2 nitrogen and oxygen atoms in total. The summed E-state index contributed by atoms with van der Waals surface area (Å²) in [7, 11) is 0. The van der Waals surface area contributed by atoms with Crippen LogP contribution >= 0.6 is 0 Å². The number of nitrogens with one attached hydrogen (secondary N) is 1. The van der Waals surface area contributed by atoms with Crippen LogP contribution in [-0.2, 0) is 16.6 Å². The van der Waals surface area contributed by atoms with E-state index in [9.17, 15) is 22.4 Å². The van der Waals surface area contributed by atoms with Gasteiger partial charge in [-0.1, -0.05) is 54.6 Å². The van der Waals surface area contributed by atoms with E-state index in [1.54, 1.807) is 0 Å². The van der Waals surface area contributed by atoms with E-state index >= 15 is 0 Å². The van der Waals surface area contributed by atoms with E-state index in [0.29, 0.717) is 6.41 Å². The Labute approximate surface area is 131 Å². The van der Waals surface area contributed by atoms with Gasteiger partial charge in [0.15, 0.2) is 0 Å². The van der Waals surface area contributed by atoms with Gasteiger partial charge in [0, 0.05) is 11.1 Å². The molecule has 2 rings (SSSR count). The van der Waals surface area contributed by atoms with E-state index in [1.165, 1.54) is 43.3 Å². The summed E-state index contributed by atoms with van der Waals surface area (Å²) in [5.41, 5.74) is -1.63. The third kappa shape index (κ3) is 3.06. The maximum Gasteiger partial charge on any atom is 0.340 e. The highest BCUT2D eigenvalue weighted by atomic mass is 19.3. The van der Waals surface area contributed by atoms with Crippen molar-refractivity contribution in [3.05, 3.63) is 71.3 Å². The summed E-state index contributed by atoms with van der Waals surface area (Å²) in [6.07, 6.45) is 0.342. The molecule has 0 aromatic heterocycles. The van der Waals surface area contributed by atoms with Crippen LogP contribution in [-0.4, -0.2) is 6.41 Å². The fraction of sp³-hybridized carbons (Fsp3) is 0.235. The van der Waals surface area contributed by atoms with Crippen molar-refractivity contribution in [2.75, 3.05) is 0 Å². The molecular weight excluding hydrogens is 310 g/mol. The van der Waals surface area contributed by atoms with Crippen molar-refractivity contribution in [1.29, 1.82) is 0 Å². The minimum absolute atomic E-state index is 0.0554. The molecule has 1 unspecified atom stereocenters. The summed E-state index contributed by atoms with van der Waals surface area (Å²) in [6.45, 7) is 1.45. The first kappa shape index (κ1) is 17.0. The summed E-state index contributed by atoms with van der Waals surface area (Å²) < 4.78 is 58.0. The molecule has 0 heterocycles. The quantitative estimate of drug-likeness (QED) is 0.620. The van der Waals surface area contributed by atoms with Gasteiger partial charge in [-0.25, -0.2) is 0 Å². The third-order valence-electron chi connectivity index (χ3n) is 3.61. The van der Waals surface area contributed by atoms with Crippen molar-refractivity contribution < 1.29 is 22.4 Å². The average molecular weight is 325 g/mol. The summed E-state index contributed by atoms with van der Waals surface area (Å²) in [5, 5.41) is 2.31. The smallest absolute Gasteiger partial charge is 0.340 e. The topological polar surface area (TPSA) is 29.1 Å². The highest BCUT2D eigenvalue weighted by Gasteiger charge is 2.59. The number of hydrogen-bond acceptors (Lipinski definition) is 1. The van der Waals surface area contributed by atoms with Gasteiger partial charge in [-0.15, -0.1) is 0 Å². The van der Waals surface area contributed by atoms with Crippen LogP contribution in [0.5, 0.6) is 0 Å². The summed E-state index contributed by atoms with van der Waals surface area (Å²) in [6, 6.07) is 10.1. The molecule has 0 aliphatic heterocycles. The first-order valence-corrected chi connectivity index (χ1v) is 6.92. The molecule has 1 N–H and O–H groups in total. The zero-order valence-corrected chi connectivity index (χ0v) is 12.3. The monoisotopic (exact) mass is 325 g/mol. The van der Waals surface area contributed by atoms with Crippen LogP contribution in [0.25, 0.3) is 0 Å². The van der Waals surface area contributed by atoms with Gasteiger partial charge in [0.25, 0.3) is 0 Å². The van der Waals surface area contributed by atoms with Crippen LogP contribution in [0.15, 0.2) is 54.6 Å². The molecule has 0 saturated heterocycles. The van der Waals surface area contributed by atoms with Gasteiger partial charge in [-0.2, -0.15) is 17.6 Å². The van der Waals surface area contributed by atoms with Crippen LogP contribution in [0.1, 0.15) is 29.7 Å². The molecule has 0 spiro atoms.